The van der Waals surface area contributed by atoms with Crippen LogP contribution in [-0.4, -0.2) is 76.8 Å². The Hall–Kier alpha value is -2.88. The summed E-state index contributed by atoms with van der Waals surface area (Å²) in [6.45, 7) is 7.77. The Balaban J connectivity index is 1.21. The van der Waals surface area contributed by atoms with Crippen molar-refractivity contribution in [3.63, 3.8) is 0 Å². The number of carbonyl (C=O) groups excluding carboxylic acids is 1. The number of nitrogens with one attached hydrogen (secondary N) is 1. The zero-order chi connectivity index (χ0) is 24.0. The van der Waals surface area contributed by atoms with Crippen LogP contribution in [0.3, 0.4) is 0 Å². The highest BCUT2D eigenvalue weighted by Crippen LogP contribution is 2.27. The molecule has 3 heterocycles. The van der Waals surface area contributed by atoms with Crippen LogP contribution in [0.1, 0.15) is 17.5 Å². The maximum absolute atomic E-state index is 12.8. The fourth-order valence-corrected chi connectivity index (χ4v) is 5.34. The van der Waals surface area contributed by atoms with Crippen molar-refractivity contribution >= 4 is 23.6 Å². The average molecular weight is 493 g/mol. The molecule has 0 aliphatic carbocycles. The monoisotopic (exact) mass is 492 g/mol. The number of ether oxygens (including phenoxy) is 1. The molecular formula is C26H32N6O2S. The summed E-state index contributed by atoms with van der Waals surface area (Å²) < 4.78 is 7.57. The van der Waals surface area contributed by atoms with Gasteiger partial charge in [-0.15, -0.1) is 10.2 Å². The maximum atomic E-state index is 12.8. The van der Waals surface area contributed by atoms with Gasteiger partial charge < -0.3 is 15.0 Å². The molecule has 0 unspecified atom stereocenters. The fourth-order valence-electron chi connectivity index (χ4n) is 4.58. The van der Waals surface area contributed by atoms with E-state index in [0.717, 1.165) is 55.9 Å². The molecule has 0 saturated carbocycles. The van der Waals surface area contributed by atoms with E-state index in [1.807, 2.05) is 6.07 Å². The molecule has 2 aliphatic rings. The highest BCUT2D eigenvalue weighted by Gasteiger charge is 2.25. The molecule has 2 saturated heterocycles. The minimum atomic E-state index is 0.0351. The first-order chi connectivity index (χ1) is 17.2. The molecule has 0 spiro atoms. The molecule has 35 heavy (non-hydrogen) atoms. The molecule has 8 nitrogen and oxygen atoms in total. The van der Waals surface area contributed by atoms with E-state index in [-0.39, 0.29) is 11.9 Å². The molecule has 2 aromatic carbocycles. The van der Waals surface area contributed by atoms with Gasteiger partial charge in [0.15, 0.2) is 5.16 Å². The second-order valence-corrected chi connectivity index (χ2v) is 10.1. The number of aryl methyl sites for hydroxylation is 1. The molecular weight excluding hydrogens is 460 g/mol. The van der Waals surface area contributed by atoms with Crippen LogP contribution in [0.5, 0.6) is 0 Å². The molecule has 2 aliphatic heterocycles. The van der Waals surface area contributed by atoms with Crippen molar-refractivity contribution in [3.8, 4) is 5.69 Å². The second kappa shape index (κ2) is 11.2. The zero-order valence-electron chi connectivity index (χ0n) is 20.1. The van der Waals surface area contributed by atoms with Gasteiger partial charge >= 0.3 is 0 Å². The molecule has 0 bridgehead atoms. The third-order valence-corrected chi connectivity index (χ3v) is 7.35. The predicted molar refractivity (Wildman–Crippen MR) is 138 cm³/mol. The van der Waals surface area contributed by atoms with Crippen LogP contribution in [0.15, 0.2) is 59.8 Å². The molecule has 2 fully saturated rings. The lowest BCUT2D eigenvalue weighted by molar-refractivity contribution is -0.119. The summed E-state index contributed by atoms with van der Waals surface area (Å²) in [7, 11) is 0. The smallest absolute Gasteiger partial charge is 0.232 e. The molecule has 3 aromatic rings. The Morgan fingerprint density at radius 2 is 1.83 bits per heavy atom. The van der Waals surface area contributed by atoms with Crippen LogP contribution >= 0.6 is 11.8 Å². The summed E-state index contributed by atoms with van der Waals surface area (Å²) in [4.78, 5) is 17.4. The largest absolute Gasteiger partial charge is 0.378 e. The first-order valence-corrected chi connectivity index (χ1v) is 13.2. The lowest BCUT2D eigenvalue weighted by Gasteiger charge is -2.28. The Kier molecular flexibility index (Phi) is 7.66. The van der Waals surface area contributed by atoms with Crippen LogP contribution in [-0.2, 0) is 16.1 Å². The van der Waals surface area contributed by atoms with Crippen molar-refractivity contribution in [2.75, 3.05) is 50.0 Å². The van der Waals surface area contributed by atoms with Crippen molar-refractivity contribution < 1.29 is 9.53 Å². The molecule has 1 aromatic heterocycles. The van der Waals surface area contributed by atoms with Gasteiger partial charge in [0, 0.05) is 38.8 Å². The van der Waals surface area contributed by atoms with Gasteiger partial charge in [-0.3, -0.25) is 14.3 Å². The Labute approximate surface area is 210 Å². The highest BCUT2D eigenvalue weighted by molar-refractivity contribution is 7.99. The lowest BCUT2D eigenvalue weighted by atomic mass is 10.2. The Morgan fingerprint density at radius 1 is 1.06 bits per heavy atom. The summed E-state index contributed by atoms with van der Waals surface area (Å²) in [6, 6.07) is 19.0. The van der Waals surface area contributed by atoms with Gasteiger partial charge in [-0.1, -0.05) is 59.8 Å². The van der Waals surface area contributed by atoms with Gasteiger partial charge in [0.25, 0.3) is 0 Å². The summed E-state index contributed by atoms with van der Waals surface area (Å²) >= 11 is 1.43. The van der Waals surface area contributed by atoms with E-state index >= 15 is 0 Å². The quantitative estimate of drug-likeness (QED) is 0.485. The second-order valence-electron chi connectivity index (χ2n) is 9.12. The van der Waals surface area contributed by atoms with Gasteiger partial charge in [-0.05, 0) is 31.0 Å². The van der Waals surface area contributed by atoms with Crippen molar-refractivity contribution in [2.24, 2.45) is 0 Å². The molecule has 0 radical (unpaired) electrons. The number of benzene rings is 2. The molecule has 1 atom stereocenters. The SMILES string of the molecule is Cc1ccc(-n2c(SCC(=O)N[C@@H]3CCN(Cc4ccccc4)C3)nnc2N2CCOCC2)cc1. The average Bonchev–Trinajstić information content (AvgIpc) is 3.51. The molecule has 1 amide bonds. The minimum absolute atomic E-state index is 0.0351. The fraction of sp³-hybridized carbons (Fsp3) is 0.423. The normalized spacial score (nSPS) is 18.7. The summed E-state index contributed by atoms with van der Waals surface area (Å²) in [5.74, 6) is 1.14. The Morgan fingerprint density at radius 3 is 2.60 bits per heavy atom. The number of aromatic nitrogens is 3. The number of likely N-dealkylation sites (tertiary alicyclic amines) is 1. The number of morpholine rings is 1. The van der Waals surface area contributed by atoms with E-state index in [0.29, 0.717) is 19.0 Å². The van der Waals surface area contributed by atoms with Crippen LogP contribution in [0, 0.1) is 6.92 Å². The van der Waals surface area contributed by atoms with Gasteiger partial charge in [0.05, 0.1) is 24.7 Å². The van der Waals surface area contributed by atoms with E-state index in [9.17, 15) is 4.79 Å². The number of anilines is 1. The summed E-state index contributed by atoms with van der Waals surface area (Å²) in [5.41, 5.74) is 3.50. The van der Waals surface area contributed by atoms with E-state index in [4.69, 9.17) is 4.74 Å². The molecule has 1 N–H and O–H groups in total. The van der Waals surface area contributed by atoms with Crippen LogP contribution < -0.4 is 10.2 Å². The first kappa shape index (κ1) is 23.8. The third kappa shape index (κ3) is 6.04. The van der Waals surface area contributed by atoms with Gasteiger partial charge in [-0.25, -0.2) is 0 Å². The van der Waals surface area contributed by atoms with Crippen molar-refractivity contribution in [1.29, 1.82) is 0 Å². The topological polar surface area (TPSA) is 75.5 Å². The van der Waals surface area contributed by atoms with Crippen molar-refractivity contribution in [3.05, 3.63) is 65.7 Å². The number of amides is 1. The number of thioether (sulfide) groups is 1. The summed E-state index contributed by atoms with van der Waals surface area (Å²) in [5, 5.41) is 12.9. The van der Waals surface area contributed by atoms with E-state index in [1.165, 1.54) is 22.9 Å². The van der Waals surface area contributed by atoms with Crippen LogP contribution in [0.4, 0.5) is 5.95 Å². The van der Waals surface area contributed by atoms with Crippen molar-refractivity contribution in [1.82, 2.24) is 25.0 Å². The first-order valence-electron chi connectivity index (χ1n) is 12.2. The maximum Gasteiger partial charge on any atom is 0.232 e. The van der Waals surface area contributed by atoms with Crippen LogP contribution in [0.2, 0.25) is 0 Å². The number of nitrogens with zero attached hydrogens (tertiary/aromatic N) is 5. The standard InChI is InChI=1S/C26H32N6O2S/c1-20-7-9-23(10-8-20)32-25(31-13-15-34-16-14-31)28-29-26(32)35-19-24(33)27-22-11-12-30(18-22)17-21-5-3-2-4-6-21/h2-10,22H,11-19H2,1H3,(H,27,33)/t22-/m1/s1. The minimum Gasteiger partial charge on any atom is -0.378 e. The number of hydrogen-bond acceptors (Lipinski definition) is 7. The zero-order valence-corrected chi connectivity index (χ0v) is 20.9. The van der Waals surface area contributed by atoms with Gasteiger partial charge in [-0.2, -0.15) is 0 Å². The molecule has 184 valence electrons. The molecule has 9 heteroatoms. The van der Waals surface area contributed by atoms with E-state index in [1.54, 1.807) is 0 Å². The van der Waals surface area contributed by atoms with Crippen molar-refractivity contribution in [2.45, 2.75) is 31.1 Å². The Bertz CT molecular complexity index is 1110. The van der Waals surface area contributed by atoms with E-state index in [2.05, 4.69) is 85.3 Å². The van der Waals surface area contributed by atoms with Gasteiger partial charge in [0.2, 0.25) is 11.9 Å². The third-order valence-electron chi connectivity index (χ3n) is 6.42. The predicted octanol–water partition coefficient (Wildman–Crippen LogP) is 2.90. The van der Waals surface area contributed by atoms with Crippen LogP contribution in [0.25, 0.3) is 5.69 Å². The highest BCUT2D eigenvalue weighted by atomic mass is 32.2. The summed E-state index contributed by atoms with van der Waals surface area (Å²) in [6.07, 6.45) is 0.976. The molecule has 5 rings (SSSR count). The number of hydrogen-bond donors (Lipinski definition) is 1. The van der Waals surface area contributed by atoms with Gasteiger partial charge in [0.1, 0.15) is 0 Å². The number of carbonyl (C=O) groups is 1. The lowest BCUT2D eigenvalue weighted by Crippen LogP contribution is -2.38. The number of rotatable bonds is 8. The van der Waals surface area contributed by atoms with E-state index < -0.39 is 0 Å².